The van der Waals surface area contributed by atoms with E-state index >= 15 is 0 Å². The summed E-state index contributed by atoms with van der Waals surface area (Å²) in [4.78, 5) is 16.9. The molecule has 2 heterocycles. The second-order valence-electron chi connectivity index (χ2n) is 5.35. The zero-order valence-electron chi connectivity index (χ0n) is 11.3. The first-order chi connectivity index (χ1) is 8.66. The average molecular weight is 249 g/mol. The average Bonchev–Trinajstić information content (AvgIpc) is 2.89. The molecule has 0 saturated carbocycles. The molecule has 4 nitrogen and oxygen atoms in total. The molecule has 0 bridgehead atoms. The van der Waals surface area contributed by atoms with Crippen molar-refractivity contribution >= 4 is 5.91 Å². The maximum absolute atomic E-state index is 11.9. The van der Waals surface area contributed by atoms with Crippen LogP contribution in [0.15, 0.2) is 18.5 Å². The highest BCUT2D eigenvalue weighted by atomic mass is 16.2. The number of amides is 1. The molecule has 1 aliphatic rings. The van der Waals surface area contributed by atoms with Crippen molar-refractivity contribution in [2.24, 2.45) is 5.92 Å². The van der Waals surface area contributed by atoms with Crippen molar-refractivity contribution in [2.75, 3.05) is 13.1 Å². The third kappa shape index (κ3) is 3.35. The summed E-state index contributed by atoms with van der Waals surface area (Å²) in [7, 11) is 0. The van der Waals surface area contributed by atoms with Crippen LogP contribution in [0, 0.1) is 5.92 Å². The maximum atomic E-state index is 11.9. The van der Waals surface area contributed by atoms with Crippen LogP contribution in [0.25, 0.3) is 0 Å². The fraction of sp³-hybridized carbons (Fsp3) is 0.643. The van der Waals surface area contributed by atoms with Crippen molar-refractivity contribution in [3.63, 3.8) is 0 Å². The Morgan fingerprint density at radius 1 is 1.50 bits per heavy atom. The highest BCUT2D eigenvalue weighted by Crippen LogP contribution is 2.13. The van der Waals surface area contributed by atoms with Gasteiger partial charge in [-0.25, -0.2) is 0 Å². The maximum Gasteiger partial charge on any atom is 0.225 e. The third-order valence-corrected chi connectivity index (χ3v) is 3.56. The van der Waals surface area contributed by atoms with Crippen molar-refractivity contribution in [1.29, 1.82) is 0 Å². The standard InChI is InChI=1S/C14H23N3O/c1-11(2)14(18)17-7-4-13(5-8-17)16-10-12-3-6-15-9-12/h3,6,9,11,13,15-16H,4-5,7-8,10H2,1-2H3. The Morgan fingerprint density at radius 2 is 2.22 bits per heavy atom. The van der Waals surface area contributed by atoms with Gasteiger partial charge in [-0.1, -0.05) is 13.8 Å². The number of carbonyl (C=O) groups is 1. The largest absolute Gasteiger partial charge is 0.367 e. The lowest BCUT2D eigenvalue weighted by Crippen LogP contribution is -2.45. The number of likely N-dealkylation sites (tertiary alicyclic amines) is 1. The van der Waals surface area contributed by atoms with Crippen molar-refractivity contribution in [1.82, 2.24) is 15.2 Å². The van der Waals surface area contributed by atoms with Crippen LogP contribution in [0.1, 0.15) is 32.3 Å². The minimum Gasteiger partial charge on any atom is -0.367 e. The van der Waals surface area contributed by atoms with Crippen molar-refractivity contribution < 1.29 is 4.79 Å². The van der Waals surface area contributed by atoms with E-state index in [2.05, 4.69) is 16.4 Å². The number of piperidine rings is 1. The molecule has 18 heavy (non-hydrogen) atoms. The molecule has 4 heteroatoms. The zero-order valence-corrected chi connectivity index (χ0v) is 11.3. The van der Waals surface area contributed by atoms with E-state index < -0.39 is 0 Å². The topological polar surface area (TPSA) is 48.1 Å². The number of hydrogen-bond acceptors (Lipinski definition) is 2. The van der Waals surface area contributed by atoms with Gasteiger partial charge in [-0.2, -0.15) is 0 Å². The number of rotatable bonds is 4. The Bertz CT molecular complexity index is 364. The molecule has 1 amide bonds. The van der Waals surface area contributed by atoms with Crippen LogP contribution in [-0.4, -0.2) is 34.9 Å². The van der Waals surface area contributed by atoms with E-state index in [-0.39, 0.29) is 5.92 Å². The lowest BCUT2D eigenvalue weighted by atomic mass is 10.0. The van der Waals surface area contributed by atoms with Gasteiger partial charge in [0.25, 0.3) is 0 Å². The van der Waals surface area contributed by atoms with Crippen LogP contribution >= 0.6 is 0 Å². The smallest absolute Gasteiger partial charge is 0.225 e. The molecule has 0 aliphatic carbocycles. The molecule has 0 radical (unpaired) electrons. The molecule has 0 aromatic carbocycles. The Hall–Kier alpha value is -1.29. The van der Waals surface area contributed by atoms with Gasteiger partial charge in [0, 0.05) is 44.0 Å². The third-order valence-electron chi connectivity index (χ3n) is 3.56. The number of nitrogens with one attached hydrogen (secondary N) is 2. The molecule has 1 aliphatic heterocycles. The molecular formula is C14H23N3O. The number of H-pyrrole nitrogens is 1. The van der Waals surface area contributed by atoms with Gasteiger partial charge in [0.1, 0.15) is 0 Å². The molecule has 1 aromatic heterocycles. The Labute approximate surface area is 109 Å². The number of aromatic nitrogens is 1. The number of hydrogen-bond donors (Lipinski definition) is 2. The van der Waals surface area contributed by atoms with Gasteiger partial charge in [0.15, 0.2) is 0 Å². The fourth-order valence-electron chi connectivity index (χ4n) is 2.40. The zero-order chi connectivity index (χ0) is 13.0. The van der Waals surface area contributed by atoms with E-state index in [4.69, 9.17) is 0 Å². The van der Waals surface area contributed by atoms with Gasteiger partial charge in [-0.15, -0.1) is 0 Å². The van der Waals surface area contributed by atoms with Crippen molar-refractivity contribution in [2.45, 2.75) is 39.3 Å². The van der Waals surface area contributed by atoms with Gasteiger partial charge in [0.2, 0.25) is 5.91 Å². The number of nitrogens with zero attached hydrogens (tertiary/aromatic N) is 1. The first-order valence-electron chi connectivity index (χ1n) is 6.80. The summed E-state index contributed by atoms with van der Waals surface area (Å²) < 4.78 is 0. The first kappa shape index (κ1) is 13.1. The lowest BCUT2D eigenvalue weighted by molar-refractivity contribution is -0.135. The molecule has 0 atom stereocenters. The predicted molar refractivity (Wildman–Crippen MR) is 72.1 cm³/mol. The van der Waals surface area contributed by atoms with Crippen LogP contribution in [-0.2, 0) is 11.3 Å². The molecule has 1 saturated heterocycles. The summed E-state index contributed by atoms with van der Waals surface area (Å²) in [6, 6.07) is 2.63. The van der Waals surface area contributed by atoms with E-state index in [1.165, 1.54) is 5.56 Å². The van der Waals surface area contributed by atoms with E-state index in [0.717, 1.165) is 32.5 Å². The van der Waals surface area contributed by atoms with Crippen molar-refractivity contribution in [3.8, 4) is 0 Å². The normalized spacial score (nSPS) is 17.4. The van der Waals surface area contributed by atoms with E-state index in [0.29, 0.717) is 11.9 Å². The van der Waals surface area contributed by atoms with Crippen LogP contribution in [0.3, 0.4) is 0 Å². The summed E-state index contributed by atoms with van der Waals surface area (Å²) in [6.45, 7) is 6.63. The second kappa shape index (κ2) is 6.05. The highest BCUT2D eigenvalue weighted by molar-refractivity contribution is 5.78. The molecule has 0 unspecified atom stereocenters. The highest BCUT2D eigenvalue weighted by Gasteiger charge is 2.23. The first-order valence-corrected chi connectivity index (χ1v) is 6.80. The Morgan fingerprint density at radius 3 is 2.78 bits per heavy atom. The lowest BCUT2D eigenvalue weighted by Gasteiger charge is -2.33. The van der Waals surface area contributed by atoms with Gasteiger partial charge in [0.05, 0.1) is 0 Å². The van der Waals surface area contributed by atoms with Crippen LogP contribution in [0.2, 0.25) is 0 Å². The molecule has 0 spiro atoms. The van der Waals surface area contributed by atoms with E-state index in [9.17, 15) is 4.79 Å². The molecule has 100 valence electrons. The summed E-state index contributed by atoms with van der Waals surface area (Å²) in [5.74, 6) is 0.411. The Kier molecular flexibility index (Phi) is 4.42. The SMILES string of the molecule is CC(C)C(=O)N1CCC(NCc2cc[nH]c2)CC1. The molecule has 1 aromatic rings. The summed E-state index contributed by atoms with van der Waals surface area (Å²) >= 11 is 0. The molecule has 2 rings (SSSR count). The van der Waals surface area contributed by atoms with Crippen LogP contribution < -0.4 is 5.32 Å². The monoisotopic (exact) mass is 249 g/mol. The minimum atomic E-state index is 0.120. The minimum absolute atomic E-state index is 0.120. The molecule has 2 N–H and O–H groups in total. The van der Waals surface area contributed by atoms with E-state index in [1.54, 1.807) is 0 Å². The quantitative estimate of drug-likeness (QED) is 0.854. The predicted octanol–water partition coefficient (Wildman–Crippen LogP) is 1.75. The number of carbonyl (C=O) groups excluding carboxylic acids is 1. The van der Waals surface area contributed by atoms with E-state index in [1.807, 2.05) is 31.1 Å². The van der Waals surface area contributed by atoms with Gasteiger partial charge < -0.3 is 15.2 Å². The Balaban J connectivity index is 1.72. The second-order valence-corrected chi connectivity index (χ2v) is 5.35. The summed E-state index contributed by atoms with van der Waals surface area (Å²) in [5.41, 5.74) is 1.29. The summed E-state index contributed by atoms with van der Waals surface area (Å²) in [6.07, 6.45) is 6.08. The van der Waals surface area contributed by atoms with Gasteiger partial charge in [-0.05, 0) is 24.5 Å². The van der Waals surface area contributed by atoms with Gasteiger partial charge in [-0.3, -0.25) is 4.79 Å². The molecule has 1 fully saturated rings. The number of aromatic amines is 1. The van der Waals surface area contributed by atoms with Crippen molar-refractivity contribution in [3.05, 3.63) is 24.0 Å². The summed E-state index contributed by atoms with van der Waals surface area (Å²) in [5, 5.41) is 3.55. The van der Waals surface area contributed by atoms with Crippen LogP contribution in [0.5, 0.6) is 0 Å². The van der Waals surface area contributed by atoms with Crippen LogP contribution in [0.4, 0.5) is 0 Å². The fourth-order valence-corrected chi connectivity index (χ4v) is 2.40. The van der Waals surface area contributed by atoms with Gasteiger partial charge >= 0.3 is 0 Å². The molecular weight excluding hydrogens is 226 g/mol.